The molecule has 1 saturated heterocycles. The van der Waals surface area contributed by atoms with Gasteiger partial charge in [-0.1, -0.05) is 0 Å². The Balaban J connectivity index is -0.000000435. The Labute approximate surface area is 224 Å². The standard InChI is InChI=1S/C6H14N4O2.C5H11NO2S.C5H9NO2.C4H8N2O3/c7-4(5(11)12)2-1-3-10-6(8)9;1-9-3-2-4(6)5(7)8;7-5(8)4-2-1-3-6-4;5-2(4(8)9)1-3(6)7/h4H,1-3,7H2,(H,11,12)(H4,8,9,10);4H,2-3,6H2,1H3,(H,7,8);4,6H,1-3H2,(H,7,8);2H,1,5H2,(H2,6,7)(H,8,9)/t;;4-;/m..0./s1. The second kappa shape index (κ2) is 24.2. The van der Waals surface area contributed by atoms with Crippen molar-refractivity contribution >= 4 is 47.5 Å². The van der Waals surface area contributed by atoms with Crippen molar-refractivity contribution in [1.82, 2.24) is 10.6 Å². The summed E-state index contributed by atoms with van der Waals surface area (Å²) in [6.45, 7) is 1.34. The van der Waals surface area contributed by atoms with Gasteiger partial charge >= 0.3 is 23.9 Å². The number of carbonyl (C=O) groups is 5. The number of thioether (sulfide) groups is 1. The first-order valence-electron chi connectivity index (χ1n) is 11.3. The average Bonchev–Trinajstić information content (AvgIpc) is 3.36. The number of nitrogens with two attached hydrogens (primary N) is 5. The van der Waals surface area contributed by atoms with E-state index in [1.807, 2.05) is 6.26 Å². The summed E-state index contributed by atoms with van der Waals surface area (Å²) in [5.41, 5.74) is 25.0. The minimum Gasteiger partial charge on any atom is -0.480 e. The van der Waals surface area contributed by atoms with E-state index in [1.54, 1.807) is 11.8 Å². The Bertz CT molecular complexity index is 739. The Morgan fingerprint density at radius 1 is 0.947 bits per heavy atom. The van der Waals surface area contributed by atoms with Gasteiger partial charge in [-0.2, -0.15) is 11.8 Å². The number of carbonyl (C=O) groups excluding carboxylic acids is 1. The molecule has 18 heteroatoms. The number of primary amides is 1. The first-order chi connectivity index (χ1) is 17.6. The van der Waals surface area contributed by atoms with Crippen molar-refractivity contribution in [2.24, 2.45) is 28.7 Å². The van der Waals surface area contributed by atoms with Crippen LogP contribution >= 0.6 is 11.8 Å². The van der Waals surface area contributed by atoms with Gasteiger partial charge in [0.05, 0.1) is 6.42 Å². The summed E-state index contributed by atoms with van der Waals surface area (Å²) in [5, 5.41) is 45.3. The molecule has 17 N–H and O–H groups in total. The fraction of sp³-hybridized carbons (Fsp3) is 0.700. The lowest BCUT2D eigenvalue weighted by Crippen LogP contribution is -2.34. The van der Waals surface area contributed by atoms with E-state index in [9.17, 15) is 24.0 Å². The van der Waals surface area contributed by atoms with Gasteiger partial charge in [-0.15, -0.1) is 0 Å². The van der Waals surface area contributed by atoms with Crippen LogP contribution in [0, 0.1) is 5.41 Å². The molecule has 1 aliphatic rings. The van der Waals surface area contributed by atoms with Crippen LogP contribution in [0.25, 0.3) is 0 Å². The third kappa shape index (κ3) is 27.4. The monoisotopic (exact) mass is 570 g/mol. The van der Waals surface area contributed by atoms with Gasteiger partial charge in [-0.25, -0.2) is 0 Å². The van der Waals surface area contributed by atoms with Crippen molar-refractivity contribution in [3.05, 3.63) is 0 Å². The summed E-state index contributed by atoms with van der Waals surface area (Å²) in [6.07, 6.45) is 4.93. The minimum absolute atomic E-state index is 0.112. The predicted molar refractivity (Wildman–Crippen MR) is 141 cm³/mol. The highest BCUT2D eigenvalue weighted by Crippen LogP contribution is 2.03. The topological polar surface area (TPSA) is 344 Å². The zero-order valence-electron chi connectivity index (χ0n) is 21.3. The highest BCUT2D eigenvalue weighted by molar-refractivity contribution is 7.98. The van der Waals surface area contributed by atoms with Crippen LogP contribution in [-0.2, 0) is 24.0 Å². The maximum Gasteiger partial charge on any atom is 0.321 e. The lowest BCUT2D eigenvalue weighted by Gasteiger charge is -2.06. The summed E-state index contributed by atoms with van der Waals surface area (Å²) in [5.74, 6) is -3.85. The van der Waals surface area contributed by atoms with E-state index in [0.717, 1.165) is 25.1 Å². The number of amides is 1. The van der Waals surface area contributed by atoms with E-state index in [1.165, 1.54) is 0 Å². The molecule has 1 heterocycles. The summed E-state index contributed by atoms with van der Waals surface area (Å²) in [6, 6.07) is -2.94. The van der Waals surface area contributed by atoms with Crippen LogP contribution in [-0.4, -0.2) is 105 Å². The summed E-state index contributed by atoms with van der Waals surface area (Å²) < 4.78 is 0. The molecule has 0 saturated carbocycles. The second-order valence-electron chi connectivity index (χ2n) is 7.76. The van der Waals surface area contributed by atoms with Gasteiger partial charge in [0.15, 0.2) is 5.96 Å². The number of rotatable bonds is 13. The Kier molecular flexibility index (Phi) is 25.0. The Morgan fingerprint density at radius 3 is 1.74 bits per heavy atom. The maximum atomic E-state index is 10.2. The van der Waals surface area contributed by atoms with Crippen LogP contribution in [0.4, 0.5) is 0 Å². The molecule has 0 spiro atoms. The van der Waals surface area contributed by atoms with Crippen LogP contribution in [0.15, 0.2) is 0 Å². The molecule has 1 amide bonds. The number of carboxylic acid groups (broad SMARTS) is 4. The smallest absolute Gasteiger partial charge is 0.321 e. The first-order valence-corrected chi connectivity index (χ1v) is 12.7. The highest BCUT2D eigenvalue weighted by Gasteiger charge is 2.20. The molecule has 1 rings (SSSR count). The van der Waals surface area contributed by atoms with E-state index in [0.29, 0.717) is 25.8 Å². The third-order valence-electron chi connectivity index (χ3n) is 4.37. The van der Waals surface area contributed by atoms with Crippen molar-refractivity contribution in [1.29, 1.82) is 5.41 Å². The van der Waals surface area contributed by atoms with Crippen molar-refractivity contribution in [3.8, 4) is 0 Å². The maximum absolute atomic E-state index is 10.2. The highest BCUT2D eigenvalue weighted by atomic mass is 32.2. The summed E-state index contributed by atoms with van der Waals surface area (Å²) in [4.78, 5) is 50.3. The van der Waals surface area contributed by atoms with Gasteiger partial charge in [0.2, 0.25) is 5.91 Å². The van der Waals surface area contributed by atoms with Crippen LogP contribution in [0.1, 0.15) is 38.5 Å². The second-order valence-corrected chi connectivity index (χ2v) is 8.74. The van der Waals surface area contributed by atoms with Crippen molar-refractivity contribution in [2.45, 2.75) is 62.7 Å². The first kappa shape index (κ1) is 39.3. The fourth-order valence-corrected chi connectivity index (χ4v) is 2.73. The molecular weight excluding hydrogens is 528 g/mol. The number of nitrogens with one attached hydrogen (secondary N) is 3. The average molecular weight is 571 g/mol. The number of hydrogen-bond acceptors (Lipinski definition) is 11. The zero-order chi connectivity index (χ0) is 30.3. The van der Waals surface area contributed by atoms with Gasteiger partial charge in [-0.05, 0) is 50.7 Å². The summed E-state index contributed by atoms with van der Waals surface area (Å²) >= 11 is 1.60. The third-order valence-corrected chi connectivity index (χ3v) is 5.02. The Hall–Kier alpha value is -3.19. The van der Waals surface area contributed by atoms with Gasteiger partial charge in [-0.3, -0.25) is 29.4 Å². The quantitative estimate of drug-likeness (QED) is 0.0592. The molecule has 17 nitrogen and oxygen atoms in total. The number of hydrogen-bond donors (Lipinski definition) is 12. The molecule has 38 heavy (non-hydrogen) atoms. The molecule has 0 aromatic carbocycles. The number of guanidine groups is 1. The van der Waals surface area contributed by atoms with Crippen LogP contribution in [0.3, 0.4) is 0 Å². The van der Waals surface area contributed by atoms with Crippen LogP contribution in [0.5, 0.6) is 0 Å². The molecule has 0 aromatic rings. The fourth-order valence-electron chi connectivity index (χ4n) is 2.24. The molecule has 0 aliphatic carbocycles. The summed E-state index contributed by atoms with van der Waals surface area (Å²) in [7, 11) is 0. The molecular formula is C20H42N8O9S. The molecule has 0 bridgehead atoms. The van der Waals surface area contributed by atoms with Crippen molar-refractivity contribution in [2.75, 3.05) is 25.1 Å². The van der Waals surface area contributed by atoms with Gasteiger partial charge < -0.3 is 59.7 Å². The van der Waals surface area contributed by atoms with Gasteiger partial charge in [0, 0.05) is 6.54 Å². The lowest BCUT2D eigenvalue weighted by molar-refractivity contribution is -0.140. The molecule has 0 aromatic heterocycles. The van der Waals surface area contributed by atoms with E-state index >= 15 is 0 Å². The Morgan fingerprint density at radius 2 is 1.45 bits per heavy atom. The van der Waals surface area contributed by atoms with E-state index < -0.39 is 47.9 Å². The number of carboxylic acids is 4. The normalized spacial score (nSPS) is 15.8. The zero-order valence-corrected chi connectivity index (χ0v) is 22.1. The van der Waals surface area contributed by atoms with Gasteiger partial charge in [0.25, 0.3) is 0 Å². The number of aliphatic carboxylic acids is 4. The van der Waals surface area contributed by atoms with E-state index in [-0.39, 0.29) is 18.4 Å². The van der Waals surface area contributed by atoms with Crippen LogP contribution < -0.4 is 39.3 Å². The van der Waals surface area contributed by atoms with Crippen molar-refractivity contribution in [3.63, 3.8) is 0 Å². The van der Waals surface area contributed by atoms with Crippen molar-refractivity contribution < 1.29 is 44.4 Å². The molecule has 0 radical (unpaired) electrons. The molecule has 4 atom stereocenters. The van der Waals surface area contributed by atoms with E-state index in [2.05, 4.69) is 16.4 Å². The lowest BCUT2D eigenvalue weighted by atomic mass is 10.2. The largest absolute Gasteiger partial charge is 0.480 e. The van der Waals surface area contributed by atoms with Gasteiger partial charge in [0.1, 0.15) is 24.2 Å². The SMILES string of the molecule is CSCCC(N)C(=O)O.N=C(N)NCCCC(N)C(=O)O.NC(=O)CC(N)C(=O)O.O=C(O)[C@@H]1CCCN1. The predicted octanol–water partition coefficient (Wildman–Crippen LogP) is -3.09. The molecule has 1 fully saturated rings. The molecule has 1 aliphatic heterocycles. The molecule has 3 unspecified atom stereocenters. The minimum atomic E-state index is -1.21. The molecule has 222 valence electrons. The van der Waals surface area contributed by atoms with Crippen LogP contribution in [0.2, 0.25) is 0 Å². The van der Waals surface area contributed by atoms with E-state index in [4.69, 9.17) is 48.8 Å².